The summed E-state index contributed by atoms with van der Waals surface area (Å²) in [4.78, 5) is 44.5. The molecule has 2 fully saturated rings. The number of carbonyl (C=O) groups excluding carboxylic acids is 4. The fourth-order valence-electron chi connectivity index (χ4n) is 9.20. The zero-order chi connectivity index (χ0) is 50.9. The number of carboxylic acid groups (broad SMARTS) is 2. The van der Waals surface area contributed by atoms with Gasteiger partial charge in [-0.05, 0) is 103 Å². The molecule has 0 aromatic carbocycles. The number of allylic oxidation sites excluding steroid dienone is 4. The van der Waals surface area contributed by atoms with Crippen molar-refractivity contribution in [3.8, 4) is 0 Å². The summed E-state index contributed by atoms with van der Waals surface area (Å²) in [5, 5.41) is 41.1. The van der Waals surface area contributed by atoms with E-state index in [0.717, 1.165) is 116 Å². The Hall–Kier alpha value is -2.46. The van der Waals surface area contributed by atoms with E-state index in [0.29, 0.717) is 37.2 Å². The number of carbonyl (C=O) groups is 4. The predicted molar refractivity (Wildman–Crippen MR) is 271 cm³/mol. The average Bonchev–Trinajstić information content (AvgIpc) is 4.13. The molecule has 0 aliphatic carbocycles. The molecular weight excluding hydrogens is 937 g/mol. The van der Waals surface area contributed by atoms with Gasteiger partial charge in [0.15, 0.2) is 24.8 Å². The topological polar surface area (TPSA) is 210 Å². The van der Waals surface area contributed by atoms with E-state index in [1.54, 1.807) is 0 Å². The van der Waals surface area contributed by atoms with E-state index in [2.05, 4.69) is 24.3 Å². The second-order valence-electron chi connectivity index (χ2n) is 20.3. The largest absolute Gasteiger partial charge is 2.00 e. The van der Waals surface area contributed by atoms with Crippen molar-refractivity contribution in [3.05, 3.63) is 47.0 Å². The normalized spacial score (nSPS) is 22.3. The van der Waals surface area contributed by atoms with Crippen LogP contribution < -0.4 is 10.2 Å². The Morgan fingerprint density at radius 2 is 0.775 bits per heavy atom. The summed E-state index contributed by atoms with van der Waals surface area (Å²) < 4.78 is 33.9. The second kappa shape index (κ2) is 39.0. The molecule has 6 unspecified atom stereocenters. The van der Waals surface area contributed by atoms with Crippen LogP contribution in [0.2, 0.25) is 0 Å². The molecule has 0 aromatic rings. The summed E-state index contributed by atoms with van der Waals surface area (Å²) in [6.07, 6.45) is 36.6. The molecule has 0 saturated carbocycles. The smallest absolute Gasteiger partial charge is 0.550 e. The molecule has 400 valence electrons. The molecule has 4 rings (SSSR count). The fraction of sp³-hybridized carbons (Fsp3) is 0.786. The Kier molecular flexibility index (Phi) is 35.5. The van der Waals surface area contributed by atoms with E-state index in [1.807, 2.05) is 27.7 Å². The number of aliphatic hydroxyl groups excluding tert-OH is 2. The molecule has 4 aliphatic heterocycles. The minimum Gasteiger partial charge on any atom is -0.550 e. The summed E-state index contributed by atoms with van der Waals surface area (Å²) in [6, 6.07) is 0. The monoisotopic (exact) mass is 1030 g/mol. The summed E-state index contributed by atoms with van der Waals surface area (Å²) in [6.45, 7) is 8.84. The van der Waals surface area contributed by atoms with E-state index in [-0.39, 0.29) is 98.7 Å². The van der Waals surface area contributed by atoms with Crippen molar-refractivity contribution in [2.24, 2.45) is 11.8 Å². The molecule has 0 spiro atoms. The number of hydrogen-bond donors (Lipinski definition) is 2. The Labute approximate surface area is 456 Å². The Bertz CT molecular complexity index is 1520. The van der Waals surface area contributed by atoms with Crippen molar-refractivity contribution < 1.29 is 68.0 Å². The van der Waals surface area contributed by atoms with Crippen LogP contribution in [0.25, 0.3) is 0 Å². The fourth-order valence-corrected chi connectivity index (χ4v) is 9.20. The van der Waals surface area contributed by atoms with E-state index in [1.165, 1.54) is 51.4 Å². The first-order valence-corrected chi connectivity index (χ1v) is 27.3. The van der Waals surface area contributed by atoms with Gasteiger partial charge in [-0.25, -0.2) is 9.59 Å². The molecule has 0 bridgehead atoms. The Morgan fingerprint density at radius 3 is 1.06 bits per heavy atom. The molecule has 15 heteroatoms. The first-order chi connectivity index (χ1) is 33.8. The zero-order valence-corrected chi connectivity index (χ0v) is 46.3. The van der Waals surface area contributed by atoms with Crippen LogP contribution in [0.4, 0.5) is 0 Å². The van der Waals surface area contributed by atoms with Crippen molar-refractivity contribution >= 4 is 61.6 Å². The SMILES string of the molecule is CC(C)C1OCC(C2OC(=O)C(O)=C2CCCCCCCC/C=C\CCCCCCCC(=O)[O-])O1.CC(C)C1OCC(C2OC(=O)C(O)=C2CCCCCCCC/C=C\CCCCCCCC(=O)[O-])O1.[Ca+2]. The van der Waals surface area contributed by atoms with Crippen molar-refractivity contribution in [1.82, 2.24) is 0 Å². The maximum atomic E-state index is 11.9. The molecule has 2 saturated heterocycles. The zero-order valence-electron chi connectivity index (χ0n) is 44.1. The van der Waals surface area contributed by atoms with E-state index in [4.69, 9.17) is 28.4 Å². The van der Waals surface area contributed by atoms with Crippen molar-refractivity contribution in [2.75, 3.05) is 13.2 Å². The third-order valence-corrected chi connectivity index (χ3v) is 13.4. The van der Waals surface area contributed by atoms with Gasteiger partial charge in [-0.2, -0.15) is 0 Å². The number of unbranched alkanes of at least 4 members (excludes halogenated alkanes) is 22. The summed E-state index contributed by atoms with van der Waals surface area (Å²) in [7, 11) is 0. The molecule has 14 nitrogen and oxygen atoms in total. The van der Waals surface area contributed by atoms with Crippen LogP contribution >= 0.6 is 0 Å². The quantitative estimate of drug-likeness (QED) is 0.0255. The molecule has 4 aliphatic rings. The first-order valence-electron chi connectivity index (χ1n) is 27.3. The molecule has 71 heavy (non-hydrogen) atoms. The number of esters is 2. The minimum absolute atomic E-state index is 0. The van der Waals surface area contributed by atoms with Gasteiger partial charge in [0.25, 0.3) is 0 Å². The third kappa shape index (κ3) is 27.1. The molecule has 0 aromatic heterocycles. The standard InChI is InChI=1S/2C28H46O7.Ca/c2*1-21(2)28-33-20-23(34-28)26-22(25(31)27(32)35-26)18-16-14-12-10-8-6-4-3-5-7-9-11-13-15-17-19-24(29)30;/h2*3,5,21,23,26,28,31H,4,6-20H2,1-2H3,(H,29,30);/q;;+2/p-2/b2*5-3-;. The number of ether oxygens (including phenoxy) is 6. The number of carboxylic acids is 2. The van der Waals surface area contributed by atoms with Gasteiger partial charge in [-0.15, -0.1) is 0 Å². The van der Waals surface area contributed by atoms with Crippen LogP contribution in [0.15, 0.2) is 47.0 Å². The van der Waals surface area contributed by atoms with Gasteiger partial charge in [-0.1, -0.05) is 142 Å². The number of cyclic esters (lactones) is 2. The van der Waals surface area contributed by atoms with Gasteiger partial charge >= 0.3 is 49.7 Å². The minimum atomic E-state index is -0.943. The summed E-state index contributed by atoms with van der Waals surface area (Å²) in [5.41, 5.74) is 1.33. The summed E-state index contributed by atoms with van der Waals surface area (Å²) >= 11 is 0. The van der Waals surface area contributed by atoms with Gasteiger partial charge in [0, 0.05) is 34.9 Å². The van der Waals surface area contributed by atoms with Gasteiger partial charge in [0.05, 0.1) is 13.2 Å². The van der Waals surface area contributed by atoms with Gasteiger partial charge < -0.3 is 58.4 Å². The van der Waals surface area contributed by atoms with Crippen LogP contribution in [0.3, 0.4) is 0 Å². The van der Waals surface area contributed by atoms with Crippen LogP contribution in [0.1, 0.15) is 220 Å². The Balaban J connectivity index is 0.000000480. The number of rotatable bonds is 38. The first kappa shape index (κ1) is 64.7. The van der Waals surface area contributed by atoms with Gasteiger partial charge in [-0.3, -0.25) is 0 Å². The van der Waals surface area contributed by atoms with E-state index in [9.17, 15) is 39.6 Å². The van der Waals surface area contributed by atoms with E-state index >= 15 is 0 Å². The molecular formula is C56H90CaO14. The number of aliphatic hydroxyl groups is 2. The molecule has 6 atom stereocenters. The average molecular weight is 1030 g/mol. The molecule has 2 N–H and O–H groups in total. The number of hydrogen-bond acceptors (Lipinski definition) is 14. The van der Waals surface area contributed by atoms with Crippen molar-refractivity contribution in [3.63, 3.8) is 0 Å². The van der Waals surface area contributed by atoms with Crippen molar-refractivity contribution in [2.45, 2.75) is 257 Å². The van der Waals surface area contributed by atoms with E-state index < -0.39 is 36.1 Å². The second-order valence-corrected chi connectivity index (χ2v) is 20.3. The van der Waals surface area contributed by atoms with Crippen LogP contribution in [0, 0.1) is 11.8 Å². The molecule has 0 amide bonds. The van der Waals surface area contributed by atoms with Crippen molar-refractivity contribution in [1.29, 1.82) is 0 Å². The van der Waals surface area contributed by atoms with Gasteiger partial charge in [0.1, 0.15) is 12.2 Å². The maximum Gasteiger partial charge on any atom is 2.00 e. The predicted octanol–water partition coefficient (Wildman–Crippen LogP) is 10.2. The molecule has 0 radical (unpaired) electrons. The van der Waals surface area contributed by atoms with Crippen LogP contribution in [0.5, 0.6) is 0 Å². The molecule has 4 heterocycles. The van der Waals surface area contributed by atoms with Crippen LogP contribution in [-0.2, 0) is 47.6 Å². The third-order valence-electron chi connectivity index (χ3n) is 13.4. The Morgan fingerprint density at radius 1 is 0.493 bits per heavy atom. The van der Waals surface area contributed by atoms with Crippen LogP contribution in [-0.4, -0.2) is 122 Å². The maximum absolute atomic E-state index is 11.9. The summed E-state index contributed by atoms with van der Waals surface area (Å²) in [5.74, 6) is -3.22. The number of aliphatic carboxylic acids is 2. The van der Waals surface area contributed by atoms with Gasteiger partial charge in [0.2, 0.25) is 11.5 Å².